The van der Waals surface area contributed by atoms with Gasteiger partial charge in [0.2, 0.25) is 0 Å². The van der Waals surface area contributed by atoms with Gasteiger partial charge in [-0.1, -0.05) is 23.4 Å². The average Bonchev–Trinajstić information content (AvgIpc) is 2.93. The van der Waals surface area contributed by atoms with Gasteiger partial charge in [0.25, 0.3) is 11.8 Å². The fourth-order valence-electron chi connectivity index (χ4n) is 2.43. The molecule has 1 fully saturated rings. The lowest BCUT2D eigenvalue weighted by Gasteiger charge is -2.15. The molecule has 0 spiro atoms. The molecule has 3 rings (SSSR count). The lowest BCUT2D eigenvalue weighted by molar-refractivity contribution is -0.123. The van der Waals surface area contributed by atoms with Gasteiger partial charge in [-0.15, -0.1) is 0 Å². The lowest BCUT2D eigenvalue weighted by Crippen LogP contribution is -2.44. The summed E-state index contributed by atoms with van der Waals surface area (Å²) in [5.74, 6) is -0.666. The third-order valence-corrected chi connectivity index (χ3v) is 5.92. The molecule has 1 heterocycles. The van der Waals surface area contributed by atoms with Gasteiger partial charge in [0.1, 0.15) is 0 Å². The van der Waals surface area contributed by atoms with Gasteiger partial charge in [0, 0.05) is 10.6 Å². The van der Waals surface area contributed by atoms with Crippen LogP contribution in [0.4, 0.5) is 0 Å². The molecule has 1 aliphatic rings. The fraction of sp³-hybridized carbons (Fsp3) is 0.105. The molecule has 6 nitrogen and oxygen atoms in total. The van der Waals surface area contributed by atoms with E-state index in [4.69, 9.17) is 28.6 Å². The number of phenolic OH excluding ortho intramolecular Hbond substituents is 1. The Hall–Kier alpha value is -2.07. The van der Waals surface area contributed by atoms with Crippen molar-refractivity contribution in [2.75, 3.05) is 6.61 Å². The van der Waals surface area contributed by atoms with Crippen molar-refractivity contribution in [3.05, 3.63) is 61.9 Å². The molecule has 150 valence electrons. The second-order valence-corrected chi connectivity index (χ2v) is 8.71. The van der Waals surface area contributed by atoms with Crippen LogP contribution >= 0.6 is 51.5 Å². The number of thiocarbonyl (C=S) groups is 1. The van der Waals surface area contributed by atoms with Gasteiger partial charge in [-0.3, -0.25) is 15.0 Å². The van der Waals surface area contributed by atoms with Crippen LogP contribution in [-0.2, 0) is 4.79 Å². The minimum atomic E-state index is -0.481. The smallest absolute Gasteiger partial charge is 0.285 e. The van der Waals surface area contributed by atoms with E-state index < -0.39 is 11.8 Å². The van der Waals surface area contributed by atoms with Crippen LogP contribution < -0.4 is 10.2 Å². The van der Waals surface area contributed by atoms with Gasteiger partial charge in [-0.25, -0.2) is 0 Å². The van der Waals surface area contributed by atoms with Crippen molar-refractivity contribution in [1.82, 2.24) is 10.4 Å². The zero-order valence-corrected chi connectivity index (χ0v) is 18.9. The van der Waals surface area contributed by atoms with Gasteiger partial charge < -0.3 is 9.84 Å². The molecule has 2 aromatic carbocycles. The molecule has 0 aliphatic carbocycles. The molecule has 0 bridgehead atoms. The molecule has 1 aliphatic heterocycles. The standard InChI is InChI=1S/C19H14BrClN2O4S2/c1-2-27-14-8-10(7-13(20)16(14)24)9-15-18(26)23(19(28)29-15)22-17(25)11-3-5-12(21)6-4-11/h3-9,24H,2H2,1H3,(H,22,25)/b15-9-. The predicted molar refractivity (Wildman–Crippen MR) is 121 cm³/mol. The highest BCUT2D eigenvalue weighted by atomic mass is 79.9. The zero-order valence-electron chi connectivity index (χ0n) is 14.9. The van der Waals surface area contributed by atoms with E-state index in [0.29, 0.717) is 37.9 Å². The second kappa shape index (κ2) is 9.17. The first kappa shape index (κ1) is 21.6. The quantitative estimate of drug-likeness (QED) is 0.444. The maximum Gasteiger partial charge on any atom is 0.285 e. The summed E-state index contributed by atoms with van der Waals surface area (Å²) in [6, 6.07) is 9.53. The van der Waals surface area contributed by atoms with Gasteiger partial charge in [-0.05, 0) is 83.1 Å². The molecule has 2 N–H and O–H groups in total. The van der Waals surface area contributed by atoms with Gasteiger partial charge in [0.05, 0.1) is 16.0 Å². The van der Waals surface area contributed by atoms with Crippen LogP contribution in [0.2, 0.25) is 5.02 Å². The number of hydrogen-bond donors (Lipinski definition) is 2. The van der Waals surface area contributed by atoms with Gasteiger partial charge in [0.15, 0.2) is 15.8 Å². The van der Waals surface area contributed by atoms with E-state index in [1.165, 1.54) is 0 Å². The predicted octanol–water partition coefficient (Wildman–Crippen LogP) is 4.75. The van der Waals surface area contributed by atoms with E-state index in [1.54, 1.807) is 49.4 Å². The molecule has 29 heavy (non-hydrogen) atoms. The number of hydrogen-bond acceptors (Lipinski definition) is 6. The van der Waals surface area contributed by atoms with Crippen LogP contribution in [-0.4, -0.2) is 32.9 Å². The first-order chi connectivity index (χ1) is 13.8. The van der Waals surface area contributed by atoms with Crippen molar-refractivity contribution < 1.29 is 19.4 Å². The third-order valence-electron chi connectivity index (χ3n) is 3.76. The molecule has 1 saturated heterocycles. The Balaban J connectivity index is 1.81. The van der Waals surface area contributed by atoms with E-state index in [9.17, 15) is 14.7 Å². The molecule has 2 amide bonds. The number of halogens is 2. The Kier molecular flexibility index (Phi) is 6.84. The highest BCUT2D eigenvalue weighted by Crippen LogP contribution is 2.38. The van der Waals surface area contributed by atoms with E-state index >= 15 is 0 Å². The van der Waals surface area contributed by atoms with Gasteiger partial charge in [-0.2, -0.15) is 5.01 Å². The molecular weight excluding hydrogens is 500 g/mol. The van der Waals surface area contributed by atoms with Crippen molar-refractivity contribution in [1.29, 1.82) is 0 Å². The highest BCUT2D eigenvalue weighted by Gasteiger charge is 2.33. The minimum absolute atomic E-state index is 0.0215. The number of phenols is 1. The molecule has 0 atom stereocenters. The highest BCUT2D eigenvalue weighted by molar-refractivity contribution is 9.10. The maximum absolute atomic E-state index is 12.7. The topological polar surface area (TPSA) is 78.9 Å². The minimum Gasteiger partial charge on any atom is -0.503 e. The van der Waals surface area contributed by atoms with Crippen molar-refractivity contribution in [2.45, 2.75) is 6.92 Å². The molecular formula is C19H14BrClN2O4S2. The van der Waals surface area contributed by atoms with Gasteiger partial charge >= 0.3 is 0 Å². The summed E-state index contributed by atoms with van der Waals surface area (Å²) in [4.78, 5) is 25.4. The summed E-state index contributed by atoms with van der Waals surface area (Å²) in [6.07, 6.45) is 1.61. The number of carbonyl (C=O) groups is 2. The van der Waals surface area contributed by atoms with Crippen LogP contribution in [0.25, 0.3) is 6.08 Å². The molecule has 0 radical (unpaired) electrons. The Morgan fingerprint density at radius 3 is 2.72 bits per heavy atom. The number of carbonyl (C=O) groups excluding carboxylic acids is 2. The molecule has 0 unspecified atom stereocenters. The van der Waals surface area contributed by atoms with E-state index in [2.05, 4.69) is 21.4 Å². The average molecular weight is 514 g/mol. The summed E-state index contributed by atoms with van der Waals surface area (Å²) in [6.45, 7) is 2.18. The molecule has 2 aromatic rings. The molecule has 0 saturated carbocycles. The number of rotatable bonds is 5. The van der Waals surface area contributed by atoms with Crippen molar-refractivity contribution in [3.8, 4) is 11.5 Å². The van der Waals surface area contributed by atoms with Crippen LogP contribution in [0.15, 0.2) is 45.8 Å². The Morgan fingerprint density at radius 2 is 2.07 bits per heavy atom. The van der Waals surface area contributed by atoms with E-state index in [0.717, 1.165) is 16.8 Å². The Bertz CT molecular complexity index is 1030. The first-order valence-electron chi connectivity index (χ1n) is 8.30. The largest absolute Gasteiger partial charge is 0.503 e. The fourth-order valence-corrected chi connectivity index (χ4v) is 4.19. The molecule has 0 aromatic heterocycles. The number of benzene rings is 2. The normalized spacial score (nSPS) is 15.1. The van der Waals surface area contributed by atoms with Crippen LogP contribution in [0.5, 0.6) is 11.5 Å². The summed E-state index contributed by atoms with van der Waals surface area (Å²) >= 11 is 15.4. The summed E-state index contributed by atoms with van der Waals surface area (Å²) in [5, 5.41) is 11.6. The van der Waals surface area contributed by atoms with Crippen molar-refractivity contribution >= 4 is 73.7 Å². The SMILES string of the molecule is CCOc1cc(/C=C2\SC(=S)N(NC(=O)c3ccc(Cl)cc3)C2=O)cc(Br)c1O. The van der Waals surface area contributed by atoms with Crippen molar-refractivity contribution in [3.63, 3.8) is 0 Å². The summed E-state index contributed by atoms with van der Waals surface area (Å²) in [7, 11) is 0. The van der Waals surface area contributed by atoms with Crippen LogP contribution in [0.3, 0.4) is 0 Å². The third kappa shape index (κ3) is 4.92. The number of nitrogens with zero attached hydrogens (tertiary/aromatic N) is 1. The lowest BCUT2D eigenvalue weighted by atomic mass is 10.2. The number of hydrazine groups is 1. The van der Waals surface area contributed by atoms with Crippen molar-refractivity contribution in [2.24, 2.45) is 0 Å². The summed E-state index contributed by atoms with van der Waals surface area (Å²) < 4.78 is 6.03. The molecule has 10 heteroatoms. The zero-order chi connectivity index (χ0) is 21.1. The number of amides is 2. The second-order valence-electron chi connectivity index (χ2n) is 5.75. The summed E-state index contributed by atoms with van der Waals surface area (Å²) in [5.41, 5.74) is 3.48. The number of thioether (sulfide) groups is 1. The Morgan fingerprint density at radius 1 is 1.38 bits per heavy atom. The van der Waals surface area contributed by atoms with E-state index in [-0.39, 0.29) is 10.1 Å². The number of nitrogens with one attached hydrogen (secondary N) is 1. The Labute approximate surface area is 190 Å². The number of aromatic hydroxyl groups is 1. The first-order valence-corrected chi connectivity index (χ1v) is 10.7. The van der Waals surface area contributed by atoms with Crippen LogP contribution in [0.1, 0.15) is 22.8 Å². The van der Waals surface area contributed by atoms with Crippen LogP contribution in [0, 0.1) is 0 Å². The maximum atomic E-state index is 12.7. The monoisotopic (exact) mass is 512 g/mol. The van der Waals surface area contributed by atoms with E-state index in [1.807, 2.05) is 0 Å². The number of ether oxygens (including phenoxy) is 1.